The van der Waals surface area contributed by atoms with Gasteiger partial charge in [-0.05, 0) is 74.7 Å². The summed E-state index contributed by atoms with van der Waals surface area (Å²) in [5.74, 6) is 2.13. The highest BCUT2D eigenvalue weighted by molar-refractivity contribution is 5.96. The fourth-order valence-electron chi connectivity index (χ4n) is 7.45. The quantitative estimate of drug-likeness (QED) is 0.372. The van der Waals surface area contributed by atoms with Crippen LogP contribution in [-0.2, 0) is 0 Å². The first kappa shape index (κ1) is 18.0. The molecule has 5 heteroatoms. The molecule has 0 saturated heterocycles. The summed E-state index contributed by atoms with van der Waals surface area (Å²) in [5.41, 5.74) is 2.79. The Morgan fingerprint density at radius 2 is 1.88 bits per heavy atom. The van der Waals surface area contributed by atoms with Crippen LogP contribution in [0.15, 0.2) is 22.0 Å². The van der Waals surface area contributed by atoms with Gasteiger partial charge in [-0.15, -0.1) is 0 Å². The third kappa shape index (κ3) is 2.25. The minimum absolute atomic E-state index is 0.198. The van der Waals surface area contributed by atoms with Gasteiger partial charge in [-0.1, -0.05) is 29.7 Å². The number of oxime groups is 2. The van der Waals surface area contributed by atoms with Gasteiger partial charge in [0.2, 0.25) is 0 Å². The van der Waals surface area contributed by atoms with Crippen LogP contribution >= 0.6 is 0 Å². The fourth-order valence-corrected chi connectivity index (χ4v) is 7.45. The van der Waals surface area contributed by atoms with Crippen molar-refractivity contribution in [1.29, 1.82) is 0 Å². The van der Waals surface area contributed by atoms with Crippen LogP contribution in [0.25, 0.3) is 0 Å². The first-order valence-corrected chi connectivity index (χ1v) is 10.1. The number of hydrogen-bond donors (Lipinski definition) is 3. The Labute approximate surface area is 155 Å². The molecular weight excluding hydrogens is 328 g/mol. The van der Waals surface area contributed by atoms with E-state index in [2.05, 4.69) is 24.2 Å². The lowest BCUT2D eigenvalue weighted by molar-refractivity contribution is -0.0851. The molecule has 0 radical (unpaired) electrons. The summed E-state index contributed by atoms with van der Waals surface area (Å²) in [7, 11) is 0. The molecule has 0 aromatic heterocycles. The Hall–Kier alpha value is -1.36. The van der Waals surface area contributed by atoms with Crippen molar-refractivity contribution < 1.29 is 15.5 Å². The van der Waals surface area contributed by atoms with E-state index >= 15 is 0 Å². The second-order valence-corrected chi connectivity index (χ2v) is 9.59. The van der Waals surface area contributed by atoms with Crippen molar-refractivity contribution in [2.75, 3.05) is 0 Å². The maximum Gasteiger partial charge on any atom is 0.0821 e. The maximum absolute atomic E-state index is 11.0. The van der Waals surface area contributed by atoms with Crippen molar-refractivity contribution in [2.24, 2.45) is 44.8 Å². The zero-order chi connectivity index (χ0) is 18.7. The number of allylic oxidation sites excluding steroid dienone is 1. The maximum atomic E-state index is 11.0. The highest BCUT2D eigenvalue weighted by Crippen LogP contribution is 2.66. The van der Waals surface area contributed by atoms with Crippen molar-refractivity contribution >= 4 is 11.4 Å². The summed E-state index contributed by atoms with van der Waals surface area (Å²) in [4.78, 5) is 0. The standard InChI is InChI=1S/C21H32N2O3/c1-12(22-25)16-6-7-17-15-5-4-13-10-14(23-26)11-19(24)21(13,3)18(15)8-9-20(16,17)2/h10,15-19,24-26H,4-9,11H2,1-3H3. The molecule has 4 aliphatic rings. The zero-order valence-electron chi connectivity index (χ0n) is 16.1. The number of aliphatic hydroxyl groups excluding tert-OH is 1. The van der Waals surface area contributed by atoms with E-state index in [0.717, 1.165) is 37.8 Å². The molecule has 0 bridgehead atoms. The Morgan fingerprint density at radius 3 is 2.58 bits per heavy atom. The molecule has 3 N–H and O–H groups in total. The van der Waals surface area contributed by atoms with Gasteiger partial charge >= 0.3 is 0 Å². The van der Waals surface area contributed by atoms with E-state index < -0.39 is 6.10 Å². The minimum atomic E-state index is -0.469. The van der Waals surface area contributed by atoms with Gasteiger partial charge < -0.3 is 15.5 Å². The Morgan fingerprint density at radius 1 is 1.12 bits per heavy atom. The number of aliphatic hydroxyl groups is 1. The third-order valence-corrected chi connectivity index (χ3v) is 8.87. The van der Waals surface area contributed by atoms with Crippen LogP contribution < -0.4 is 0 Å². The van der Waals surface area contributed by atoms with E-state index in [4.69, 9.17) is 0 Å². The molecule has 0 aromatic carbocycles. The van der Waals surface area contributed by atoms with E-state index in [9.17, 15) is 15.5 Å². The fraction of sp³-hybridized carbons (Fsp3) is 0.810. The van der Waals surface area contributed by atoms with Crippen LogP contribution in [0.1, 0.15) is 65.7 Å². The van der Waals surface area contributed by atoms with Gasteiger partial charge in [-0.25, -0.2) is 0 Å². The first-order valence-electron chi connectivity index (χ1n) is 10.1. The van der Waals surface area contributed by atoms with Gasteiger partial charge in [0, 0.05) is 17.8 Å². The van der Waals surface area contributed by atoms with Crippen LogP contribution in [-0.4, -0.2) is 33.0 Å². The summed E-state index contributed by atoms with van der Waals surface area (Å²) in [5, 5.41) is 36.4. The SMILES string of the molecule is CC(=NO)C1CCC2C3CCC4=CC(=NO)CC(O)C4(C)C3CCC12C. The molecule has 0 aromatic rings. The van der Waals surface area contributed by atoms with Gasteiger partial charge in [-0.3, -0.25) is 0 Å². The van der Waals surface area contributed by atoms with Crippen LogP contribution in [0.3, 0.4) is 0 Å². The molecular formula is C21H32N2O3. The van der Waals surface area contributed by atoms with Crippen LogP contribution in [0.4, 0.5) is 0 Å². The molecule has 26 heavy (non-hydrogen) atoms. The van der Waals surface area contributed by atoms with Crippen LogP contribution in [0.2, 0.25) is 0 Å². The predicted octanol–water partition coefficient (Wildman–Crippen LogP) is 4.22. The normalized spacial score (nSPS) is 50.0. The number of nitrogens with zero attached hydrogens (tertiary/aromatic N) is 2. The molecule has 3 saturated carbocycles. The lowest BCUT2D eigenvalue weighted by atomic mass is 9.46. The van der Waals surface area contributed by atoms with Gasteiger partial charge in [-0.2, -0.15) is 0 Å². The molecule has 0 heterocycles. The summed E-state index contributed by atoms with van der Waals surface area (Å²) in [6, 6.07) is 0. The van der Waals surface area contributed by atoms with Crippen molar-refractivity contribution in [3.05, 3.63) is 11.6 Å². The molecule has 4 aliphatic carbocycles. The Balaban J connectivity index is 1.68. The van der Waals surface area contributed by atoms with Crippen molar-refractivity contribution in [1.82, 2.24) is 0 Å². The van der Waals surface area contributed by atoms with Crippen LogP contribution in [0, 0.1) is 34.5 Å². The van der Waals surface area contributed by atoms with Gasteiger partial charge in [0.1, 0.15) is 0 Å². The molecule has 3 fully saturated rings. The van der Waals surface area contributed by atoms with E-state index in [0.29, 0.717) is 35.8 Å². The predicted molar refractivity (Wildman–Crippen MR) is 101 cm³/mol. The van der Waals surface area contributed by atoms with E-state index in [-0.39, 0.29) is 10.8 Å². The smallest absolute Gasteiger partial charge is 0.0821 e. The summed E-state index contributed by atoms with van der Waals surface area (Å²) in [6.45, 7) is 6.61. The third-order valence-electron chi connectivity index (χ3n) is 8.87. The van der Waals surface area contributed by atoms with Crippen LogP contribution in [0.5, 0.6) is 0 Å². The zero-order valence-corrected chi connectivity index (χ0v) is 16.1. The summed E-state index contributed by atoms with van der Waals surface area (Å²) < 4.78 is 0. The van der Waals surface area contributed by atoms with E-state index in [1.54, 1.807) is 0 Å². The van der Waals surface area contributed by atoms with Gasteiger partial charge in [0.25, 0.3) is 0 Å². The van der Waals surface area contributed by atoms with Gasteiger partial charge in [0.15, 0.2) is 0 Å². The highest BCUT2D eigenvalue weighted by atomic mass is 16.4. The number of rotatable bonds is 1. The van der Waals surface area contributed by atoms with Crippen molar-refractivity contribution in [3.8, 4) is 0 Å². The van der Waals surface area contributed by atoms with Crippen molar-refractivity contribution in [3.63, 3.8) is 0 Å². The average molecular weight is 360 g/mol. The monoisotopic (exact) mass is 360 g/mol. The van der Waals surface area contributed by atoms with E-state index in [1.165, 1.54) is 12.0 Å². The molecule has 0 aliphatic heterocycles. The number of hydrogen-bond acceptors (Lipinski definition) is 5. The molecule has 144 valence electrons. The highest BCUT2D eigenvalue weighted by Gasteiger charge is 2.61. The van der Waals surface area contributed by atoms with Gasteiger partial charge in [0.05, 0.1) is 17.5 Å². The topological polar surface area (TPSA) is 85.4 Å². The lowest BCUT2D eigenvalue weighted by Gasteiger charge is -2.59. The molecule has 7 unspecified atom stereocenters. The van der Waals surface area contributed by atoms with E-state index in [1.807, 2.05) is 13.0 Å². The van der Waals surface area contributed by atoms with Crippen molar-refractivity contribution in [2.45, 2.75) is 71.8 Å². The summed E-state index contributed by atoms with van der Waals surface area (Å²) >= 11 is 0. The largest absolute Gasteiger partial charge is 0.411 e. The molecule has 4 rings (SSSR count). The number of fused-ring (bicyclic) bond motifs is 5. The molecule has 7 atom stereocenters. The second kappa shape index (κ2) is 6.08. The molecule has 0 spiro atoms. The Kier molecular flexibility index (Phi) is 4.22. The molecule has 5 nitrogen and oxygen atoms in total. The first-order chi connectivity index (χ1) is 12.4. The summed E-state index contributed by atoms with van der Waals surface area (Å²) in [6.07, 6.45) is 8.71. The molecule has 0 amide bonds. The minimum Gasteiger partial charge on any atom is -0.411 e. The Bertz CT molecular complexity index is 685. The average Bonchev–Trinajstić information content (AvgIpc) is 2.99. The lowest BCUT2D eigenvalue weighted by Crippen LogP contribution is -2.55. The second-order valence-electron chi connectivity index (χ2n) is 9.59.